The van der Waals surface area contributed by atoms with Crippen molar-refractivity contribution in [3.05, 3.63) is 216 Å². The van der Waals surface area contributed by atoms with Crippen LogP contribution in [0.5, 0.6) is 0 Å². The number of nitrogens with two attached hydrogens (primary N) is 1. The Bertz CT molecular complexity index is 2800. The molecule has 6 aromatic heterocycles. The molecule has 8 N–H and O–H groups in total. The Hall–Kier alpha value is -8.17. The molecular weight excluding hydrogens is 741 g/mol. The van der Waals surface area contributed by atoms with Gasteiger partial charge < -0.3 is 35.6 Å². The van der Waals surface area contributed by atoms with Crippen LogP contribution < -0.4 is 5.73 Å². The largest absolute Gasteiger partial charge is 0.356 e. The lowest BCUT2D eigenvalue weighted by Gasteiger charge is -2.51. The van der Waals surface area contributed by atoms with E-state index in [0.717, 1.165) is 99.6 Å². The number of nitrogens with zero attached hydrogens (tertiary/aromatic N) is 1. The maximum absolute atomic E-state index is 15.8. The van der Waals surface area contributed by atoms with Gasteiger partial charge in [-0.2, -0.15) is 0 Å². The highest BCUT2D eigenvalue weighted by Gasteiger charge is 2.60. The molecule has 12 rings (SSSR count). The number of rotatable bonds is 8. The maximum Gasteiger partial charge on any atom is 0.317 e. The smallest absolute Gasteiger partial charge is 0.317 e. The number of nitrogens with one attached hydrogen (secondary N) is 6. The molecule has 0 aliphatic carbocycles. The number of para-hydroxylation sites is 6. The monoisotopic (exact) mass is 778 g/mol. The van der Waals surface area contributed by atoms with Gasteiger partial charge in [-0.25, -0.2) is 4.79 Å². The van der Waals surface area contributed by atoms with Gasteiger partial charge in [0, 0.05) is 33.1 Å². The van der Waals surface area contributed by atoms with E-state index in [2.05, 4.69) is 139 Å². The van der Waals surface area contributed by atoms with Gasteiger partial charge in [-0.1, -0.05) is 109 Å². The van der Waals surface area contributed by atoms with Gasteiger partial charge in [0.25, 0.3) is 0 Å². The Kier molecular flexibility index (Phi) is 7.16. The van der Waals surface area contributed by atoms with Gasteiger partial charge in [-0.15, -0.1) is 0 Å². The Balaban J connectivity index is 1.34. The van der Waals surface area contributed by atoms with Crippen molar-refractivity contribution in [3.63, 3.8) is 0 Å². The van der Waals surface area contributed by atoms with Crippen LogP contribution in [0.1, 0.15) is 34.2 Å². The molecule has 0 saturated heterocycles. The van der Waals surface area contributed by atoms with E-state index in [1.54, 1.807) is 0 Å². The van der Waals surface area contributed by atoms with Crippen molar-refractivity contribution in [2.24, 2.45) is 5.73 Å². The van der Waals surface area contributed by atoms with Gasteiger partial charge in [-0.3, -0.25) is 4.90 Å². The third-order valence-corrected chi connectivity index (χ3v) is 12.4. The summed E-state index contributed by atoms with van der Waals surface area (Å²) in [6, 6.07) is 61.4. The first-order chi connectivity index (χ1) is 29.5. The number of carbonyl (C=O) groups excluding carboxylic acids is 1. The van der Waals surface area contributed by atoms with Crippen LogP contribution >= 0.6 is 0 Å². The number of benzene rings is 6. The molecule has 9 heteroatoms. The van der Waals surface area contributed by atoms with Gasteiger partial charge in [-0.05, 0) is 105 Å². The Morgan fingerprint density at radius 1 is 0.333 bits per heavy atom. The predicted molar refractivity (Wildman–Crippen MR) is 241 cm³/mol. The summed E-state index contributed by atoms with van der Waals surface area (Å²) in [4.78, 5) is 40.7. The highest BCUT2D eigenvalue weighted by Crippen LogP contribution is 2.54. The second-order valence-electron chi connectivity index (χ2n) is 15.7. The van der Waals surface area contributed by atoms with E-state index in [9.17, 15) is 0 Å². The summed E-state index contributed by atoms with van der Waals surface area (Å²) in [6.07, 6.45) is 0. The first kappa shape index (κ1) is 33.9. The highest BCUT2D eigenvalue weighted by molar-refractivity contribution is 5.91. The van der Waals surface area contributed by atoms with Gasteiger partial charge in [0.05, 0.1) is 34.2 Å². The number of urea groups is 1. The summed E-state index contributed by atoms with van der Waals surface area (Å²) in [5.41, 5.74) is 14.1. The van der Waals surface area contributed by atoms with Crippen molar-refractivity contribution in [3.8, 4) is 0 Å². The summed E-state index contributed by atoms with van der Waals surface area (Å²) < 4.78 is 0. The Morgan fingerprint density at radius 3 is 0.683 bits per heavy atom. The SMILES string of the molecule is NC(=O)N(C(c1cc2ccccc2[nH]1)(c1cc2ccccc2[nH]1)c1cc2ccccc2[nH]1)C(c1cc2ccccc2[nH]1)(c1cc2ccccc2[nH]1)c1cc2ccccc2[nH]1. The quantitative estimate of drug-likeness (QED) is 0.0811. The number of hydrogen-bond acceptors (Lipinski definition) is 1. The molecule has 0 unspecified atom stereocenters. The third-order valence-electron chi connectivity index (χ3n) is 12.4. The summed E-state index contributed by atoms with van der Waals surface area (Å²) in [6.45, 7) is 0. The van der Waals surface area contributed by atoms with E-state index in [4.69, 9.17) is 5.73 Å². The number of hydrogen-bond donors (Lipinski definition) is 7. The number of primary amides is 1. The molecule has 0 bridgehead atoms. The molecule has 0 fully saturated rings. The van der Waals surface area contributed by atoms with E-state index in [1.807, 2.05) is 77.7 Å². The standard InChI is InChI=1S/C51H38N8O/c52-49(60)59(50(43-25-31-13-1-7-19-37(31)53-43,44-26-32-14-2-8-20-38(32)54-44)45-27-33-15-3-9-21-39(33)55-45)51(46-28-34-16-4-10-22-40(34)56-46,47-29-35-17-5-11-23-41(35)57-47)48-30-36-18-6-12-24-42(36)58-48/h1-30,53-58H,(H2,52,60). The molecule has 0 atom stereocenters. The van der Waals surface area contributed by atoms with Crippen LogP contribution in [0.4, 0.5) is 4.79 Å². The Morgan fingerprint density at radius 2 is 0.517 bits per heavy atom. The van der Waals surface area contributed by atoms with Gasteiger partial charge in [0.1, 0.15) is 0 Å². The zero-order valence-electron chi connectivity index (χ0n) is 32.3. The van der Waals surface area contributed by atoms with Crippen molar-refractivity contribution >= 4 is 71.4 Å². The first-order valence-electron chi connectivity index (χ1n) is 20.1. The molecular formula is C51H38N8O. The van der Waals surface area contributed by atoms with Crippen molar-refractivity contribution in [1.82, 2.24) is 34.8 Å². The topological polar surface area (TPSA) is 141 Å². The predicted octanol–water partition coefficient (Wildman–Crippen LogP) is 11.2. The van der Waals surface area contributed by atoms with Crippen LogP contribution in [0.15, 0.2) is 182 Å². The minimum atomic E-state index is -1.51. The molecule has 60 heavy (non-hydrogen) atoms. The number of aromatic amines is 6. The van der Waals surface area contributed by atoms with Gasteiger partial charge >= 0.3 is 6.03 Å². The number of fused-ring (bicyclic) bond motifs is 6. The molecule has 0 aliphatic heterocycles. The van der Waals surface area contributed by atoms with E-state index >= 15 is 4.79 Å². The maximum atomic E-state index is 15.8. The zero-order valence-corrected chi connectivity index (χ0v) is 32.3. The minimum absolute atomic E-state index is 0.665. The second-order valence-corrected chi connectivity index (χ2v) is 15.7. The number of H-pyrrole nitrogens is 6. The minimum Gasteiger partial charge on any atom is -0.356 e. The summed E-state index contributed by atoms with van der Waals surface area (Å²) in [7, 11) is 0. The van der Waals surface area contributed by atoms with E-state index in [1.165, 1.54) is 0 Å². The molecule has 288 valence electrons. The molecule has 0 aliphatic rings. The van der Waals surface area contributed by atoms with Crippen LogP contribution in [0.25, 0.3) is 65.4 Å². The third kappa shape index (κ3) is 4.77. The van der Waals surface area contributed by atoms with Crippen LogP contribution in [0, 0.1) is 0 Å². The number of carbonyl (C=O) groups is 1. The molecule has 12 aromatic rings. The zero-order chi connectivity index (χ0) is 40.0. The molecule has 0 saturated carbocycles. The van der Waals surface area contributed by atoms with Crippen molar-refractivity contribution in [2.75, 3.05) is 0 Å². The normalized spacial score (nSPS) is 12.5. The fourth-order valence-corrected chi connectivity index (χ4v) is 9.79. The molecule has 6 aromatic carbocycles. The molecule has 2 amide bonds. The number of amides is 2. The van der Waals surface area contributed by atoms with E-state index in [0.29, 0.717) is 0 Å². The summed E-state index contributed by atoms with van der Waals surface area (Å²) in [5, 5.41) is 5.92. The summed E-state index contributed by atoms with van der Waals surface area (Å²) in [5.74, 6) is 0. The molecule has 0 spiro atoms. The summed E-state index contributed by atoms with van der Waals surface area (Å²) >= 11 is 0. The fraction of sp³-hybridized carbons (Fsp3) is 0.0392. The van der Waals surface area contributed by atoms with Gasteiger partial charge in [0.2, 0.25) is 0 Å². The highest BCUT2D eigenvalue weighted by atomic mass is 16.2. The number of aromatic nitrogens is 6. The average Bonchev–Trinajstić information content (AvgIpc) is 4.14. The van der Waals surface area contributed by atoms with Crippen molar-refractivity contribution in [1.29, 1.82) is 0 Å². The van der Waals surface area contributed by atoms with Crippen LogP contribution in [0.2, 0.25) is 0 Å². The Labute approximate surface area is 342 Å². The average molecular weight is 779 g/mol. The van der Waals surface area contributed by atoms with Crippen molar-refractivity contribution in [2.45, 2.75) is 11.1 Å². The second kappa shape index (κ2) is 12.7. The van der Waals surface area contributed by atoms with E-state index < -0.39 is 17.1 Å². The van der Waals surface area contributed by atoms with Gasteiger partial charge in [0.15, 0.2) is 11.1 Å². The fourth-order valence-electron chi connectivity index (χ4n) is 9.79. The lowest BCUT2D eigenvalue weighted by atomic mass is 9.76. The molecule has 9 nitrogen and oxygen atoms in total. The van der Waals surface area contributed by atoms with Crippen molar-refractivity contribution < 1.29 is 4.79 Å². The van der Waals surface area contributed by atoms with Crippen LogP contribution in [0.3, 0.4) is 0 Å². The van der Waals surface area contributed by atoms with E-state index in [-0.39, 0.29) is 0 Å². The lowest BCUT2D eigenvalue weighted by Crippen LogP contribution is -2.64. The van der Waals surface area contributed by atoms with Crippen LogP contribution in [-0.4, -0.2) is 40.8 Å². The van der Waals surface area contributed by atoms with Crippen LogP contribution in [-0.2, 0) is 11.1 Å². The lowest BCUT2D eigenvalue weighted by molar-refractivity contribution is 0.0915. The first-order valence-corrected chi connectivity index (χ1v) is 20.1. The molecule has 0 radical (unpaired) electrons. The molecule has 6 heterocycles.